The number of nitrogen functional groups attached to an aromatic ring is 1. The number of carbonyl (C=O) groups is 2. The smallest absolute Gasteiger partial charge is 0.459 e. The Hall–Kier alpha value is -4.10. The van der Waals surface area contributed by atoms with Gasteiger partial charge in [0.2, 0.25) is 5.60 Å². The normalized spacial score (nSPS) is 20.9. The fourth-order valence-electron chi connectivity index (χ4n) is 6.50. The highest BCUT2D eigenvalue weighted by Gasteiger charge is 2.61. The molecule has 3 heterocycles. The average Bonchev–Trinajstić information content (AvgIpc) is 3.76. The van der Waals surface area contributed by atoms with Crippen molar-refractivity contribution >= 4 is 31.0 Å². The van der Waals surface area contributed by atoms with E-state index in [4.69, 9.17) is 33.7 Å². The number of nitrogens with zero attached hydrogens (tertiary/aromatic N) is 4. The zero-order chi connectivity index (χ0) is 41.3. The van der Waals surface area contributed by atoms with Gasteiger partial charge in [-0.05, 0) is 43.5 Å². The number of esters is 2. The standard InChI is InChI=1S/C40H59N6O10P/c1-5-8-9-10-11-12-13-17-23-51-24-22-35(47)54-37-36(48)33(55-40(37,27-41)34-21-20-32-38(42)43-28-44-46(32)34)26-53-57(50,56-31-18-15-14-16-19-31)45-29(4)39(49)52-25-30(6-2)7-3/h14-16,18-21,28-30,33,36-37,48H,5-13,17,22-26H2,1-4H3,(H,45,50)(H2,42,43,44)/t29-,33-,36-,37-,40+,57?/m1/s1. The first kappa shape index (κ1) is 45.6. The first-order valence-corrected chi connectivity index (χ1v) is 21.6. The molecule has 4 rings (SSSR count). The lowest BCUT2D eigenvalue weighted by Crippen LogP contribution is -2.44. The fourth-order valence-corrected chi connectivity index (χ4v) is 8.00. The molecule has 1 saturated heterocycles. The summed E-state index contributed by atoms with van der Waals surface area (Å²) >= 11 is 0. The highest BCUT2D eigenvalue weighted by Crippen LogP contribution is 2.48. The van der Waals surface area contributed by atoms with E-state index in [9.17, 15) is 24.5 Å². The lowest BCUT2D eigenvalue weighted by atomic mass is 9.92. The van der Waals surface area contributed by atoms with Crippen LogP contribution in [0, 0.1) is 17.2 Å². The second-order valence-corrected chi connectivity index (χ2v) is 16.0. The van der Waals surface area contributed by atoms with Gasteiger partial charge < -0.3 is 34.3 Å². The molecule has 0 bridgehead atoms. The molecular weight excluding hydrogens is 755 g/mol. The molecule has 6 atom stereocenters. The monoisotopic (exact) mass is 814 g/mol. The predicted octanol–water partition coefficient (Wildman–Crippen LogP) is 6.41. The van der Waals surface area contributed by atoms with Crippen molar-refractivity contribution in [3.05, 3.63) is 54.5 Å². The molecule has 1 aromatic carbocycles. The van der Waals surface area contributed by atoms with Crippen molar-refractivity contribution in [1.82, 2.24) is 19.7 Å². The summed E-state index contributed by atoms with van der Waals surface area (Å²) in [6.07, 6.45) is 7.20. The third-order valence-corrected chi connectivity index (χ3v) is 11.7. The number of hydrogen-bond acceptors (Lipinski definition) is 14. The summed E-state index contributed by atoms with van der Waals surface area (Å²) in [5.74, 6) is -0.962. The van der Waals surface area contributed by atoms with Gasteiger partial charge in [0.25, 0.3) is 0 Å². The largest absolute Gasteiger partial charge is 0.464 e. The Morgan fingerprint density at radius 1 is 1.05 bits per heavy atom. The summed E-state index contributed by atoms with van der Waals surface area (Å²) < 4.78 is 50.5. The molecule has 17 heteroatoms. The number of ether oxygens (including phenoxy) is 4. The second kappa shape index (κ2) is 22.7. The van der Waals surface area contributed by atoms with E-state index in [-0.39, 0.29) is 42.8 Å². The molecule has 0 aliphatic carbocycles. The summed E-state index contributed by atoms with van der Waals surface area (Å²) in [7, 11) is -4.42. The number of nitriles is 1. The van der Waals surface area contributed by atoms with Gasteiger partial charge in [-0.1, -0.05) is 96.8 Å². The van der Waals surface area contributed by atoms with Crippen LogP contribution in [0.1, 0.15) is 104 Å². The zero-order valence-electron chi connectivity index (χ0n) is 33.5. The number of benzene rings is 1. The minimum absolute atomic E-state index is 0.0761. The number of carbonyl (C=O) groups excluding carboxylic acids is 2. The van der Waals surface area contributed by atoms with E-state index in [0.29, 0.717) is 12.1 Å². The van der Waals surface area contributed by atoms with E-state index in [0.717, 1.165) is 32.1 Å². The Bertz CT molecular complexity index is 1790. The maximum Gasteiger partial charge on any atom is 0.459 e. The highest BCUT2D eigenvalue weighted by molar-refractivity contribution is 7.52. The molecule has 1 fully saturated rings. The van der Waals surface area contributed by atoms with Gasteiger partial charge in [0.05, 0.1) is 31.9 Å². The van der Waals surface area contributed by atoms with E-state index < -0.39 is 56.2 Å². The van der Waals surface area contributed by atoms with Crippen molar-refractivity contribution in [2.75, 3.05) is 32.2 Å². The van der Waals surface area contributed by atoms with E-state index in [1.54, 1.807) is 36.4 Å². The summed E-state index contributed by atoms with van der Waals surface area (Å²) in [6, 6.07) is 12.2. The highest BCUT2D eigenvalue weighted by atomic mass is 31.2. The Balaban J connectivity index is 1.49. The molecule has 0 amide bonds. The summed E-state index contributed by atoms with van der Waals surface area (Å²) in [5, 5.41) is 29.4. The third-order valence-electron chi connectivity index (χ3n) is 10.0. The number of nitrogens with one attached hydrogen (secondary N) is 1. The van der Waals surface area contributed by atoms with Crippen LogP contribution < -0.4 is 15.3 Å². The first-order chi connectivity index (χ1) is 27.5. The van der Waals surface area contributed by atoms with E-state index in [2.05, 4.69) is 28.2 Å². The molecule has 1 aliphatic rings. The number of anilines is 1. The van der Waals surface area contributed by atoms with Crippen LogP contribution in [0.4, 0.5) is 5.82 Å². The summed E-state index contributed by atoms with van der Waals surface area (Å²) in [4.78, 5) is 30.2. The van der Waals surface area contributed by atoms with Crippen LogP contribution in [-0.2, 0) is 43.2 Å². The van der Waals surface area contributed by atoms with Crippen molar-refractivity contribution in [1.29, 1.82) is 5.26 Å². The van der Waals surface area contributed by atoms with Gasteiger partial charge in [0.1, 0.15) is 41.9 Å². The molecule has 3 aromatic rings. The maximum atomic E-state index is 14.3. The van der Waals surface area contributed by atoms with Gasteiger partial charge >= 0.3 is 19.7 Å². The Labute approximate surface area is 335 Å². The number of aromatic nitrogens is 3. The van der Waals surface area contributed by atoms with Crippen LogP contribution >= 0.6 is 7.75 Å². The molecule has 0 spiro atoms. The number of aliphatic hydroxyl groups is 1. The van der Waals surface area contributed by atoms with Crippen LogP contribution in [-0.4, -0.2) is 82.4 Å². The van der Waals surface area contributed by atoms with Crippen LogP contribution in [0.25, 0.3) is 5.52 Å². The van der Waals surface area contributed by atoms with E-state index in [1.165, 1.54) is 55.9 Å². The quantitative estimate of drug-likeness (QED) is 0.0453. The third kappa shape index (κ3) is 12.7. The average molecular weight is 815 g/mol. The minimum Gasteiger partial charge on any atom is -0.464 e. The van der Waals surface area contributed by atoms with Crippen molar-refractivity contribution in [3.63, 3.8) is 0 Å². The number of para-hydroxylation sites is 1. The predicted molar refractivity (Wildman–Crippen MR) is 212 cm³/mol. The molecule has 314 valence electrons. The molecule has 1 aliphatic heterocycles. The Kier molecular flexibility index (Phi) is 18.2. The Morgan fingerprint density at radius 2 is 1.75 bits per heavy atom. The van der Waals surface area contributed by atoms with Crippen LogP contribution in [0.15, 0.2) is 48.8 Å². The van der Waals surface area contributed by atoms with Crippen molar-refractivity contribution < 1.29 is 47.3 Å². The molecule has 0 saturated carbocycles. The van der Waals surface area contributed by atoms with Gasteiger partial charge in [0, 0.05) is 6.61 Å². The van der Waals surface area contributed by atoms with E-state index >= 15 is 0 Å². The van der Waals surface area contributed by atoms with Crippen molar-refractivity contribution in [3.8, 4) is 11.8 Å². The van der Waals surface area contributed by atoms with Gasteiger partial charge in [-0.25, -0.2) is 14.1 Å². The van der Waals surface area contributed by atoms with Gasteiger partial charge in [-0.3, -0.25) is 14.1 Å². The van der Waals surface area contributed by atoms with Crippen LogP contribution in [0.5, 0.6) is 5.75 Å². The SMILES string of the molecule is CCCCCCCCCCOCCC(=O)O[C@@H]1[C@H](O)[C@@H](COP(=O)(N[C@H](C)C(=O)OCC(CC)CC)Oc2ccccc2)O[C@@]1(C#N)c1ccc2c(N)ncnn12. The maximum absolute atomic E-state index is 14.3. The molecule has 2 aromatic heterocycles. The molecule has 1 unspecified atom stereocenters. The van der Waals surface area contributed by atoms with Crippen LogP contribution in [0.3, 0.4) is 0 Å². The lowest BCUT2D eigenvalue weighted by Gasteiger charge is -2.27. The van der Waals surface area contributed by atoms with Crippen molar-refractivity contribution in [2.45, 2.75) is 128 Å². The fraction of sp³-hybridized carbons (Fsp3) is 0.625. The molecule has 57 heavy (non-hydrogen) atoms. The lowest BCUT2D eigenvalue weighted by molar-refractivity contribution is -0.161. The topological polar surface area (TPSA) is 219 Å². The minimum atomic E-state index is -4.42. The van der Waals surface area contributed by atoms with E-state index in [1.807, 2.05) is 13.8 Å². The number of nitrogens with two attached hydrogens (primary N) is 1. The molecule has 16 nitrogen and oxygen atoms in total. The molecular formula is C40H59N6O10P. The summed E-state index contributed by atoms with van der Waals surface area (Å²) in [6.45, 7) is 7.79. The second-order valence-electron chi connectivity index (χ2n) is 14.3. The van der Waals surface area contributed by atoms with Gasteiger partial charge in [-0.2, -0.15) is 15.4 Å². The van der Waals surface area contributed by atoms with Crippen molar-refractivity contribution in [2.24, 2.45) is 5.92 Å². The number of fused-ring (bicyclic) bond motifs is 1. The molecule has 4 N–H and O–H groups in total. The summed E-state index contributed by atoms with van der Waals surface area (Å²) in [5.41, 5.74) is 4.37. The van der Waals surface area contributed by atoms with Crippen LogP contribution in [0.2, 0.25) is 0 Å². The number of unbranched alkanes of at least 4 members (excludes halogenated alkanes) is 7. The number of rotatable bonds is 26. The molecule has 0 radical (unpaired) electrons. The number of hydrogen-bond donors (Lipinski definition) is 3. The zero-order valence-corrected chi connectivity index (χ0v) is 34.4. The number of aliphatic hydroxyl groups excluding tert-OH is 1. The Morgan fingerprint density at radius 3 is 2.44 bits per heavy atom. The van der Waals surface area contributed by atoms with Gasteiger partial charge in [0.15, 0.2) is 11.9 Å². The first-order valence-electron chi connectivity index (χ1n) is 20.1. The van der Waals surface area contributed by atoms with Gasteiger partial charge in [-0.15, -0.1) is 0 Å².